The number of ether oxygens (including phenoxy) is 1. The number of amides is 1. The van der Waals surface area contributed by atoms with E-state index in [1.165, 1.54) is 12.4 Å². The molecule has 4 rings (SSSR count). The lowest BCUT2D eigenvalue weighted by Crippen LogP contribution is -2.45. The van der Waals surface area contributed by atoms with Crippen molar-refractivity contribution in [3.8, 4) is 0 Å². The van der Waals surface area contributed by atoms with Crippen molar-refractivity contribution < 1.29 is 9.53 Å². The van der Waals surface area contributed by atoms with Crippen LogP contribution in [0.5, 0.6) is 0 Å². The van der Waals surface area contributed by atoms with Crippen LogP contribution in [0, 0.1) is 0 Å². The summed E-state index contributed by atoms with van der Waals surface area (Å²) in [6, 6.07) is 6.77. The smallest absolute Gasteiger partial charge is 0.254 e. The summed E-state index contributed by atoms with van der Waals surface area (Å²) >= 11 is 0. The molecule has 1 fully saturated rings. The number of benzene rings is 1. The first-order valence-corrected chi connectivity index (χ1v) is 8.44. The third kappa shape index (κ3) is 3.47. The first-order chi connectivity index (χ1) is 12.7. The summed E-state index contributed by atoms with van der Waals surface area (Å²) in [6.07, 6.45) is 2.64. The molecule has 0 aliphatic carbocycles. The summed E-state index contributed by atoms with van der Waals surface area (Å²) < 4.78 is 5.77. The van der Waals surface area contributed by atoms with Gasteiger partial charge in [0.1, 0.15) is 11.0 Å². The minimum absolute atomic E-state index is 0.0440. The maximum Gasteiger partial charge on any atom is 0.254 e. The van der Waals surface area contributed by atoms with Crippen LogP contribution in [0.1, 0.15) is 22.5 Å². The molecule has 134 valence electrons. The Balaban J connectivity index is 1.40. The number of rotatable bonds is 4. The van der Waals surface area contributed by atoms with Crippen molar-refractivity contribution in [2.75, 3.05) is 19.7 Å². The number of aromatic nitrogens is 5. The second-order valence-electron chi connectivity index (χ2n) is 6.21. The van der Waals surface area contributed by atoms with Crippen molar-refractivity contribution in [1.82, 2.24) is 30.3 Å². The topological polar surface area (TPSA) is 117 Å². The summed E-state index contributed by atoms with van der Waals surface area (Å²) in [7, 11) is 0. The molecule has 1 amide bonds. The van der Waals surface area contributed by atoms with Crippen LogP contribution in [0.15, 0.2) is 35.4 Å². The van der Waals surface area contributed by atoms with Crippen LogP contribution in [-0.2, 0) is 11.2 Å². The highest BCUT2D eigenvalue weighted by Crippen LogP contribution is 2.16. The third-order valence-electron chi connectivity index (χ3n) is 4.45. The van der Waals surface area contributed by atoms with Gasteiger partial charge in [-0.25, -0.2) is 4.98 Å². The van der Waals surface area contributed by atoms with E-state index in [4.69, 9.17) is 4.74 Å². The lowest BCUT2D eigenvalue weighted by Gasteiger charge is -2.33. The molecule has 1 aliphatic heterocycles. The van der Waals surface area contributed by atoms with Crippen LogP contribution < -0.4 is 5.56 Å². The lowest BCUT2D eigenvalue weighted by molar-refractivity contribution is -0.0246. The summed E-state index contributed by atoms with van der Waals surface area (Å²) in [5.74, 6) is -0.0440. The second-order valence-corrected chi connectivity index (χ2v) is 6.21. The Hall–Kier alpha value is -3.07. The van der Waals surface area contributed by atoms with Gasteiger partial charge in [0.2, 0.25) is 0 Å². The molecule has 1 unspecified atom stereocenters. The number of carbonyl (C=O) groups excluding carboxylic acids is 1. The van der Waals surface area contributed by atoms with Gasteiger partial charge in [0.25, 0.3) is 11.5 Å². The van der Waals surface area contributed by atoms with Crippen LogP contribution in [0.25, 0.3) is 11.0 Å². The zero-order valence-electron chi connectivity index (χ0n) is 14.0. The van der Waals surface area contributed by atoms with Gasteiger partial charge in [0, 0.05) is 30.4 Å². The highest BCUT2D eigenvalue weighted by molar-refractivity contribution is 5.97. The van der Waals surface area contributed by atoms with E-state index >= 15 is 0 Å². The van der Waals surface area contributed by atoms with E-state index in [-0.39, 0.29) is 17.6 Å². The van der Waals surface area contributed by atoms with E-state index in [0.717, 1.165) is 11.2 Å². The molecule has 0 spiro atoms. The van der Waals surface area contributed by atoms with E-state index in [9.17, 15) is 9.59 Å². The second kappa shape index (κ2) is 7.04. The Morgan fingerprint density at radius 3 is 3.04 bits per heavy atom. The van der Waals surface area contributed by atoms with Gasteiger partial charge >= 0.3 is 0 Å². The standard InChI is InChI=1S/C17H18N6O3/c24-16-8-12(18-10-19-16)2-3-13-9-23(5-6-26-13)17(25)11-1-4-14-15(7-11)21-22-20-14/h1,4,7-8,10,13H,2-3,5-6,9H2,(H,18,19,24)(H,20,21,22). The summed E-state index contributed by atoms with van der Waals surface area (Å²) in [4.78, 5) is 32.5. The predicted molar refractivity (Wildman–Crippen MR) is 92.7 cm³/mol. The van der Waals surface area contributed by atoms with E-state index in [1.807, 2.05) is 0 Å². The number of morpholine rings is 1. The van der Waals surface area contributed by atoms with Crippen LogP contribution >= 0.6 is 0 Å². The van der Waals surface area contributed by atoms with Crippen LogP contribution in [0.4, 0.5) is 0 Å². The van der Waals surface area contributed by atoms with Crippen molar-refractivity contribution in [2.45, 2.75) is 18.9 Å². The molecule has 1 saturated heterocycles. The monoisotopic (exact) mass is 354 g/mol. The number of aromatic amines is 2. The molecule has 1 atom stereocenters. The fraction of sp³-hybridized carbons (Fsp3) is 0.353. The number of fused-ring (bicyclic) bond motifs is 1. The Labute approximate surface area is 148 Å². The van der Waals surface area contributed by atoms with Gasteiger partial charge in [-0.2, -0.15) is 15.4 Å². The molecule has 1 aliphatic rings. The Morgan fingerprint density at radius 1 is 1.27 bits per heavy atom. The highest BCUT2D eigenvalue weighted by Gasteiger charge is 2.25. The number of nitrogens with one attached hydrogen (secondary N) is 2. The quantitative estimate of drug-likeness (QED) is 0.705. The molecular formula is C17H18N6O3. The third-order valence-corrected chi connectivity index (χ3v) is 4.45. The number of hydrogen-bond acceptors (Lipinski definition) is 6. The Morgan fingerprint density at radius 2 is 2.15 bits per heavy atom. The van der Waals surface area contributed by atoms with Gasteiger partial charge in [-0.1, -0.05) is 0 Å². The fourth-order valence-corrected chi connectivity index (χ4v) is 3.09. The largest absolute Gasteiger partial charge is 0.375 e. The molecule has 2 N–H and O–H groups in total. The van der Waals surface area contributed by atoms with Crippen LogP contribution in [0.2, 0.25) is 0 Å². The van der Waals surface area contributed by atoms with Crippen molar-refractivity contribution in [2.24, 2.45) is 0 Å². The fourth-order valence-electron chi connectivity index (χ4n) is 3.09. The van der Waals surface area contributed by atoms with Crippen molar-refractivity contribution in [1.29, 1.82) is 0 Å². The average Bonchev–Trinajstić information content (AvgIpc) is 3.14. The SMILES string of the molecule is O=C(c1ccc2n[nH]nc2c1)N1CCOC(CCc2cc(=O)[nH]cn2)C1. The van der Waals surface area contributed by atoms with Gasteiger partial charge < -0.3 is 14.6 Å². The molecule has 9 nitrogen and oxygen atoms in total. The molecule has 2 aromatic heterocycles. The van der Waals surface area contributed by atoms with Gasteiger partial charge in [-0.3, -0.25) is 9.59 Å². The molecule has 3 heterocycles. The Kier molecular flexibility index (Phi) is 4.44. The number of nitrogens with zero attached hydrogens (tertiary/aromatic N) is 4. The summed E-state index contributed by atoms with van der Waals surface area (Å²) in [6.45, 7) is 1.56. The van der Waals surface area contributed by atoms with Crippen molar-refractivity contribution >= 4 is 16.9 Å². The first kappa shape index (κ1) is 16.4. The Bertz CT molecular complexity index is 982. The molecule has 3 aromatic rings. The predicted octanol–water partition coefficient (Wildman–Crippen LogP) is 0.515. The molecule has 0 bridgehead atoms. The number of aryl methyl sites for hydroxylation is 1. The van der Waals surface area contributed by atoms with Gasteiger partial charge in [-0.15, -0.1) is 0 Å². The number of hydrogen-bond donors (Lipinski definition) is 2. The molecule has 1 aromatic carbocycles. The number of H-pyrrole nitrogens is 2. The maximum atomic E-state index is 12.8. The summed E-state index contributed by atoms with van der Waals surface area (Å²) in [5, 5.41) is 10.6. The van der Waals surface area contributed by atoms with Gasteiger partial charge in [-0.05, 0) is 31.0 Å². The van der Waals surface area contributed by atoms with E-state index in [0.29, 0.717) is 43.6 Å². The summed E-state index contributed by atoms with van der Waals surface area (Å²) in [5.41, 5.74) is 2.54. The minimum atomic E-state index is -0.167. The normalized spacial score (nSPS) is 17.5. The van der Waals surface area contributed by atoms with Gasteiger partial charge in [0.15, 0.2) is 0 Å². The molecule has 0 radical (unpaired) electrons. The molecule has 0 saturated carbocycles. The van der Waals surface area contributed by atoms with E-state index in [1.54, 1.807) is 23.1 Å². The van der Waals surface area contributed by atoms with E-state index < -0.39 is 0 Å². The maximum absolute atomic E-state index is 12.8. The molecule has 9 heteroatoms. The minimum Gasteiger partial charge on any atom is -0.375 e. The zero-order valence-corrected chi connectivity index (χ0v) is 14.0. The molecule has 26 heavy (non-hydrogen) atoms. The van der Waals surface area contributed by atoms with Crippen LogP contribution in [0.3, 0.4) is 0 Å². The van der Waals surface area contributed by atoms with Crippen molar-refractivity contribution in [3.05, 3.63) is 52.2 Å². The first-order valence-electron chi connectivity index (χ1n) is 8.44. The molecular weight excluding hydrogens is 336 g/mol. The van der Waals surface area contributed by atoms with Crippen LogP contribution in [-0.4, -0.2) is 62.0 Å². The lowest BCUT2D eigenvalue weighted by atomic mass is 10.1. The van der Waals surface area contributed by atoms with Gasteiger partial charge in [0.05, 0.1) is 19.0 Å². The zero-order chi connectivity index (χ0) is 17.9. The number of carbonyl (C=O) groups is 1. The van der Waals surface area contributed by atoms with Crippen molar-refractivity contribution in [3.63, 3.8) is 0 Å². The van der Waals surface area contributed by atoms with E-state index in [2.05, 4.69) is 25.4 Å². The highest BCUT2D eigenvalue weighted by atomic mass is 16.5. The average molecular weight is 354 g/mol.